The molecule has 41 heavy (non-hydrogen) atoms. The van der Waals surface area contributed by atoms with Crippen molar-refractivity contribution >= 4 is 29.1 Å². The average molecular weight is 575 g/mol. The van der Waals surface area contributed by atoms with Gasteiger partial charge in [-0.2, -0.15) is 0 Å². The fourth-order valence-electron chi connectivity index (χ4n) is 5.49. The highest BCUT2D eigenvalue weighted by Gasteiger charge is 2.39. The molecule has 2 N–H and O–H groups in total. The van der Waals surface area contributed by atoms with Crippen LogP contribution in [0.4, 0.5) is 0 Å². The Labute approximate surface area is 245 Å². The molecular weight excluding hydrogens is 536 g/mol. The standard InChI is InChI=1S/C32H38N4O4S/c1-32(2,3)27-14-13-26(41-27)29(37)35-25(30(38)36-18-24(19-36)31(39)40)15-20-9-11-22(12-10-20)28-33-16-23(17-34-28)21-7-5-4-6-8-21/h9-14,16-17,21,24-25H,4-8,15,18-19H2,1-3H3,(H,35,37)(H,39,40). The lowest BCUT2D eigenvalue weighted by molar-refractivity contribution is -0.153. The van der Waals surface area contributed by atoms with Crippen LogP contribution < -0.4 is 5.32 Å². The first kappa shape index (κ1) is 28.9. The Morgan fingerprint density at radius 2 is 1.66 bits per heavy atom. The Balaban J connectivity index is 1.29. The van der Waals surface area contributed by atoms with Crippen LogP contribution in [0.5, 0.6) is 0 Å². The number of carbonyl (C=O) groups excluding carboxylic acids is 2. The number of hydrogen-bond donors (Lipinski definition) is 2. The molecule has 3 aromatic rings. The number of carboxylic acid groups (broad SMARTS) is 1. The number of amides is 2. The first-order chi connectivity index (χ1) is 19.6. The second-order valence-electron chi connectivity index (χ2n) is 12.3. The van der Waals surface area contributed by atoms with Crippen molar-refractivity contribution in [1.29, 1.82) is 0 Å². The van der Waals surface area contributed by atoms with E-state index >= 15 is 0 Å². The summed E-state index contributed by atoms with van der Waals surface area (Å²) >= 11 is 1.42. The van der Waals surface area contributed by atoms with Gasteiger partial charge in [-0.1, -0.05) is 64.3 Å². The number of nitrogens with zero attached hydrogens (tertiary/aromatic N) is 3. The van der Waals surface area contributed by atoms with Crippen LogP contribution in [0.25, 0.3) is 11.4 Å². The van der Waals surface area contributed by atoms with Crippen molar-refractivity contribution in [3.8, 4) is 11.4 Å². The highest BCUT2D eigenvalue weighted by molar-refractivity contribution is 7.14. The quantitative estimate of drug-likeness (QED) is 0.371. The third-order valence-electron chi connectivity index (χ3n) is 8.12. The number of aliphatic carboxylic acids is 1. The maximum Gasteiger partial charge on any atom is 0.310 e. The predicted octanol–water partition coefficient (Wildman–Crippen LogP) is 5.43. The molecule has 1 unspecified atom stereocenters. The summed E-state index contributed by atoms with van der Waals surface area (Å²) in [7, 11) is 0. The van der Waals surface area contributed by atoms with Gasteiger partial charge in [-0.25, -0.2) is 9.97 Å². The van der Waals surface area contributed by atoms with Crippen molar-refractivity contribution in [1.82, 2.24) is 20.2 Å². The summed E-state index contributed by atoms with van der Waals surface area (Å²) in [5.74, 6) is -0.837. The number of benzene rings is 1. The molecule has 1 saturated carbocycles. The van der Waals surface area contributed by atoms with Crippen molar-refractivity contribution < 1.29 is 19.5 Å². The number of rotatable bonds is 8. The van der Waals surface area contributed by atoms with Crippen LogP contribution in [-0.4, -0.2) is 56.9 Å². The molecule has 216 valence electrons. The molecule has 1 saturated heterocycles. The molecule has 2 amide bonds. The SMILES string of the molecule is CC(C)(C)c1ccc(C(=O)NC(Cc2ccc(-c3ncc(C4CCCCC4)cn3)cc2)C(=O)N2CC(C(=O)O)C2)s1. The van der Waals surface area contributed by atoms with Gasteiger partial charge in [-0.15, -0.1) is 11.3 Å². The lowest BCUT2D eigenvalue weighted by Gasteiger charge is -2.38. The minimum atomic E-state index is -0.910. The van der Waals surface area contributed by atoms with E-state index in [0.29, 0.717) is 16.6 Å². The number of nitrogens with one attached hydrogen (secondary N) is 1. The van der Waals surface area contributed by atoms with E-state index in [9.17, 15) is 19.5 Å². The van der Waals surface area contributed by atoms with E-state index in [-0.39, 0.29) is 36.7 Å². The van der Waals surface area contributed by atoms with Gasteiger partial charge >= 0.3 is 5.97 Å². The second kappa shape index (κ2) is 12.1. The number of carboxylic acids is 1. The van der Waals surface area contributed by atoms with Gasteiger partial charge < -0.3 is 15.3 Å². The average Bonchev–Trinajstić information content (AvgIpc) is 3.44. The van der Waals surface area contributed by atoms with Gasteiger partial charge in [-0.3, -0.25) is 14.4 Å². The van der Waals surface area contributed by atoms with Crippen LogP contribution in [0.2, 0.25) is 0 Å². The van der Waals surface area contributed by atoms with Crippen molar-refractivity contribution in [2.75, 3.05) is 13.1 Å². The Kier molecular flexibility index (Phi) is 8.54. The molecule has 0 radical (unpaired) electrons. The molecule has 5 rings (SSSR count). The van der Waals surface area contributed by atoms with Crippen molar-refractivity contribution in [3.63, 3.8) is 0 Å². The summed E-state index contributed by atoms with van der Waals surface area (Å²) in [5, 5.41) is 12.2. The van der Waals surface area contributed by atoms with E-state index in [0.717, 1.165) is 16.0 Å². The molecule has 1 aromatic carbocycles. The molecule has 8 nitrogen and oxygen atoms in total. The van der Waals surface area contributed by atoms with Crippen LogP contribution in [0.1, 0.15) is 84.5 Å². The second-order valence-corrected chi connectivity index (χ2v) is 13.4. The van der Waals surface area contributed by atoms with E-state index in [1.807, 2.05) is 42.7 Å². The van der Waals surface area contributed by atoms with Crippen LogP contribution in [0.15, 0.2) is 48.8 Å². The molecule has 2 aromatic heterocycles. The third kappa shape index (κ3) is 6.84. The van der Waals surface area contributed by atoms with E-state index in [4.69, 9.17) is 0 Å². The molecule has 2 aliphatic rings. The number of carbonyl (C=O) groups is 3. The monoisotopic (exact) mass is 574 g/mol. The lowest BCUT2D eigenvalue weighted by Crippen LogP contribution is -2.59. The van der Waals surface area contributed by atoms with Gasteiger partial charge in [-0.05, 0) is 47.4 Å². The normalized spacial score (nSPS) is 17.1. The van der Waals surface area contributed by atoms with Crippen LogP contribution in [0, 0.1) is 5.92 Å². The minimum Gasteiger partial charge on any atom is -0.481 e. The number of thiophene rings is 1. The molecule has 0 bridgehead atoms. The van der Waals surface area contributed by atoms with Crippen LogP contribution >= 0.6 is 11.3 Å². The summed E-state index contributed by atoms with van der Waals surface area (Å²) in [6.07, 6.45) is 10.4. The van der Waals surface area contributed by atoms with E-state index < -0.39 is 17.9 Å². The van der Waals surface area contributed by atoms with Gasteiger partial charge in [0.15, 0.2) is 5.82 Å². The highest BCUT2D eigenvalue weighted by atomic mass is 32.1. The molecule has 1 aliphatic carbocycles. The summed E-state index contributed by atoms with van der Waals surface area (Å²) in [4.78, 5) is 50.2. The fourth-order valence-corrected chi connectivity index (χ4v) is 6.45. The maximum atomic E-state index is 13.4. The summed E-state index contributed by atoms with van der Waals surface area (Å²) in [6.45, 7) is 6.59. The van der Waals surface area contributed by atoms with E-state index in [1.54, 1.807) is 6.07 Å². The first-order valence-corrected chi connectivity index (χ1v) is 15.2. The molecule has 0 spiro atoms. The Morgan fingerprint density at radius 3 is 2.24 bits per heavy atom. The molecule has 1 atom stereocenters. The molecule has 9 heteroatoms. The number of hydrogen-bond acceptors (Lipinski definition) is 6. The predicted molar refractivity (Wildman–Crippen MR) is 159 cm³/mol. The third-order valence-corrected chi connectivity index (χ3v) is 9.62. The van der Waals surface area contributed by atoms with Crippen LogP contribution in [0.3, 0.4) is 0 Å². The Morgan fingerprint density at radius 1 is 1.00 bits per heavy atom. The van der Waals surface area contributed by atoms with Gasteiger partial charge in [0.05, 0.1) is 10.8 Å². The summed E-state index contributed by atoms with van der Waals surface area (Å²) < 4.78 is 0. The van der Waals surface area contributed by atoms with E-state index in [1.165, 1.54) is 53.9 Å². The van der Waals surface area contributed by atoms with Gasteiger partial charge in [0.25, 0.3) is 5.91 Å². The van der Waals surface area contributed by atoms with Crippen molar-refractivity contribution in [3.05, 3.63) is 69.7 Å². The van der Waals surface area contributed by atoms with E-state index in [2.05, 4.69) is 36.1 Å². The summed E-state index contributed by atoms with van der Waals surface area (Å²) in [5.41, 5.74) is 2.89. The minimum absolute atomic E-state index is 0.0798. The zero-order valence-electron chi connectivity index (χ0n) is 23.9. The molecule has 2 fully saturated rings. The first-order valence-electron chi connectivity index (χ1n) is 14.4. The van der Waals surface area contributed by atoms with Crippen molar-refractivity contribution in [2.45, 2.75) is 76.7 Å². The zero-order valence-corrected chi connectivity index (χ0v) is 24.7. The maximum absolute atomic E-state index is 13.4. The number of likely N-dealkylation sites (tertiary alicyclic amines) is 1. The summed E-state index contributed by atoms with van der Waals surface area (Å²) in [6, 6.07) is 10.7. The molecular formula is C32H38N4O4S. The zero-order chi connectivity index (χ0) is 29.1. The fraction of sp³-hybridized carbons (Fsp3) is 0.469. The van der Waals surface area contributed by atoms with Gasteiger partial charge in [0, 0.05) is 42.3 Å². The Hall–Kier alpha value is -3.59. The topological polar surface area (TPSA) is 112 Å². The van der Waals surface area contributed by atoms with Crippen LogP contribution in [-0.2, 0) is 21.4 Å². The highest BCUT2D eigenvalue weighted by Crippen LogP contribution is 2.32. The number of aromatic nitrogens is 2. The van der Waals surface area contributed by atoms with Crippen molar-refractivity contribution in [2.24, 2.45) is 5.92 Å². The Bertz CT molecular complexity index is 1380. The smallest absolute Gasteiger partial charge is 0.310 e. The van der Waals surface area contributed by atoms with Gasteiger partial charge in [0.1, 0.15) is 6.04 Å². The lowest BCUT2D eigenvalue weighted by atomic mass is 9.85. The largest absolute Gasteiger partial charge is 0.481 e. The van der Waals surface area contributed by atoms with Gasteiger partial charge in [0.2, 0.25) is 5.91 Å². The molecule has 1 aliphatic heterocycles. The molecule has 3 heterocycles.